The quantitative estimate of drug-likeness (QED) is 0.0199. The molecule has 3 heterocycles. The Balaban J connectivity index is 1.44. The molecule has 17 atom stereocenters. The third-order valence-corrected chi connectivity index (χ3v) is 17.8. The van der Waals surface area contributed by atoms with Gasteiger partial charge in [0.05, 0.1) is 38.6 Å². The van der Waals surface area contributed by atoms with Crippen LogP contribution in [-0.4, -0.2) is 193 Å². The summed E-state index contributed by atoms with van der Waals surface area (Å²) < 4.78 is 34.3. The van der Waals surface area contributed by atoms with E-state index in [1.54, 1.807) is 6.08 Å². The lowest BCUT2D eigenvalue weighted by Gasteiger charge is -2.48. The van der Waals surface area contributed by atoms with Gasteiger partial charge in [-0.25, -0.2) is 0 Å². The number of rotatable bonds is 55. The fourth-order valence-corrected chi connectivity index (χ4v) is 12.0. The summed E-state index contributed by atoms with van der Waals surface area (Å²) in [7, 11) is 0. The normalized spacial score (nSPS) is 28.3. The number of carbonyl (C=O) groups excluding carboxylic acids is 1. The number of amides is 1. The number of allylic oxidation sites excluding steroid dienone is 7. The lowest BCUT2D eigenvalue weighted by Crippen LogP contribution is -2.66. The molecule has 3 rings (SSSR count). The molecule has 12 N–H and O–H groups in total. The molecule has 526 valence electrons. The summed E-state index contributed by atoms with van der Waals surface area (Å²) in [6.07, 6.45) is 36.6. The fourth-order valence-electron chi connectivity index (χ4n) is 12.0. The average molecular weight is 1280 g/mol. The molecule has 3 aliphatic heterocycles. The Hall–Kier alpha value is -2.25. The van der Waals surface area contributed by atoms with Crippen molar-refractivity contribution in [3.05, 3.63) is 48.6 Å². The second-order valence-electron chi connectivity index (χ2n) is 25.7. The van der Waals surface area contributed by atoms with E-state index in [1.165, 1.54) is 186 Å². The minimum absolute atomic E-state index is 0.232. The van der Waals surface area contributed by atoms with Gasteiger partial charge in [-0.3, -0.25) is 4.79 Å². The van der Waals surface area contributed by atoms with Crippen LogP contribution in [0.3, 0.4) is 0 Å². The van der Waals surface area contributed by atoms with E-state index >= 15 is 0 Å². The molecular weight excluding hydrogens is 1150 g/mol. The number of aliphatic hydroxyl groups excluding tert-OH is 11. The SMILES string of the molecule is CCCCCCCCCC/C=C\CCCCCCCCCCCCCCCC(=O)NC(COC1OC(CO)C(OC2OC(CO)C(OC3OC(CO)C(O)C(O)C3O)C(O)C2O)C(O)C1O)C(O)/C=C/CC/C=C/CC/C=C/CCCCCCCCCCCC. The smallest absolute Gasteiger partial charge is 0.220 e. The third-order valence-electron chi connectivity index (χ3n) is 17.8. The molecule has 0 aromatic heterocycles. The molecule has 19 heteroatoms. The highest BCUT2D eigenvalue weighted by Crippen LogP contribution is 2.33. The van der Waals surface area contributed by atoms with E-state index in [9.17, 15) is 61.0 Å². The van der Waals surface area contributed by atoms with Gasteiger partial charge in [0.25, 0.3) is 0 Å². The maximum absolute atomic E-state index is 13.4. The Labute approximate surface area is 542 Å². The zero-order valence-corrected chi connectivity index (χ0v) is 55.6. The van der Waals surface area contributed by atoms with Crippen LogP contribution >= 0.6 is 0 Å². The van der Waals surface area contributed by atoms with Crippen molar-refractivity contribution < 1.29 is 89.4 Å². The number of carbonyl (C=O) groups is 1. The van der Waals surface area contributed by atoms with Crippen LogP contribution in [0.25, 0.3) is 0 Å². The van der Waals surface area contributed by atoms with Crippen LogP contribution in [-0.2, 0) is 33.2 Å². The van der Waals surface area contributed by atoms with E-state index in [-0.39, 0.29) is 18.9 Å². The number of hydrogen-bond acceptors (Lipinski definition) is 18. The summed E-state index contributed by atoms with van der Waals surface area (Å²) in [6, 6.07) is -0.997. The van der Waals surface area contributed by atoms with Crippen LogP contribution in [0.2, 0.25) is 0 Å². The van der Waals surface area contributed by atoms with E-state index in [0.29, 0.717) is 12.8 Å². The van der Waals surface area contributed by atoms with Gasteiger partial charge >= 0.3 is 0 Å². The van der Waals surface area contributed by atoms with Crippen molar-refractivity contribution in [2.24, 2.45) is 0 Å². The number of hydrogen-bond donors (Lipinski definition) is 12. The van der Waals surface area contributed by atoms with Crippen LogP contribution in [0, 0.1) is 0 Å². The number of nitrogens with one attached hydrogen (secondary N) is 1. The van der Waals surface area contributed by atoms with Gasteiger partial charge in [0.1, 0.15) is 73.2 Å². The summed E-state index contributed by atoms with van der Waals surface area (Å²) in [6.45, 7) is 1.72. The zero-order chi connectivity index (χ0) is 65.4. The largest absolute Gasteiger partial charge is 0.394 e. The van der Waals surface area contributed by atoms with Crippen molar-refractivity contribution in [2.45, 2.75) is 369 Å². The Morgan fingerprint density at radius 2 is 0.711 bits per heavy atom. The van der Waals surface area contributed by atoms with Crippen molar-refractivity contribution in [2.75, 3.05) is 26.4 Å². The third kappa shape index (κ3) is 34.4. The molecule has 19 nitrogen and oxygen atoms in total. The Kier molecular flexibility index (Phi) is 48.2. The highest BCUT2D eigenvalue weighted by molar-refractivity contribution is 5.76. The predicted molar refractivity (Wildman–Crippen MR) is 351 cm³/mol. The van der Waals surface area contributed by atoms with E-state index in [1.807, 2.05) is 6.08 Å². The maximum atomic E-state index is 13.4. The van der Waals surface area contributed by atoms with E-state index in [0.717, 1.165) is 44.9 Å². The fraction of sp³-hybridized carbons (Fsp3) is 0.873. The minimum Gasteiger partial charge on any atom is -0.394 e. The van der Waals surface area contributed by atoms with Gasteiger partial charge in [-0.1, -0.05) is 236 Å². The van der Waals surface area contributed by atoms with Crippen LogP contribution in [0.1, 0.15) is 264 Å². The molecule has 0 spiro atoms. The lowest BCUT2D eigenvalue weighted by atomic mass is 9.96. The summed E-state index contributed by atoms with van der Waals surface area (Å²) in [5.41, 5.74) is 0. The summed E-state index contributed by atoms with van der Waals surface area (Å²) in [4.78, 5) is 13.4. The number of unbranched alkanes of at least 4 members (excludes halogenated alkanes) is 33. The Morgan fingerprint density at radius 3 is 1.11 bits per heavy atom. The van der Waals surface area contributed by atoms with E-state index in [2.05, 4.69) is 55.6 Å². The molecule has 0 bridgehead atoms. The molecule has 0 aromatic rings. The van der Waals surface area contributed by atoms with Gasteiger partial charge in [-0.2, -0.15) is 0 Å². The first-order valence-electron chi connectivity index (χ1n) is 35.9. The first-order valence-corrected chi connectivity index (χ1v) is 35.9. The molecule has 3 fully saturated rings. The number of ether oxygens (including phenoxy) is 6. The Morgan fingerprint density at radius 1 is 0.389 bits per heavy atom. The van der Waals surface area contributed by atoms with Gasteiger partial charge in [-0.15, -0.1) is 0 Å². The molecular formula is C71H129NO18. The van der Waals surface area contributed by atoms with Gasteiger partial charge in [0.2, 0.25) is 5.91 Å². The molecule has 17 unspecified atom stereocenters. The highest BCUT2D eigenvalue weighted by Gasteiger charge is 2.53. The second kappa shape index (κ2) is 53.0. The molecule has 3 saturated heterocycles. The molecule has 3 aliphatic rings. The molecule has 0 aliphatic carbocycles. The summed E-state index contributed by atoms with van der Waals surface area (Å²) in [5.74, 6) is -0.288. The Bertz CT molecular complexity index is 1820. The van der Waals surface area contributed by atoms with Crippen molar-refractivity contribution in [3.8, 4) is 0 Å². The topological polar surface area (TPSA) is 307 Å². The van der Waals surface area contributed by atoms with E-state index < -0.39 is 124 Å². The van der Waals surface area contributed by atoms with Crippen LogP contribution < -0.4 is 5.32 Å². The molecule has 0 radical (unpaired) electrons. The first kappa shape index (κ1) is 82.0. The second-order valence-corrected chi connectivity index (χ2v) is 25.7. The highest BCUT2D eigenvalue weighted by atomic mass is 16.8. The van der Waals surface area contributed by atoms with Crippen molar-refractivity contribution in [3.63, 3.8) is 0 Å². The van der Waals surface area contributed by atoms with Gasteiger partial charge in [0.15, 0.2) is 18.9 Å². The zero-order valence-electron chi connectivity index (χ0n) is 55.6. The van der Waals surface area contributed by atoms with Crippen molar-refractivity contribution >= 4 is 5.91 Å². The predicted octanol–water partition coefficient (Wildman–Crippen LogP) is 9.78. The van der Waals surface area contributed by atoms with E-state index in [4.69, 9.17) is 28.4 Å². The molecule has 0 aromatic carbocycles. The first-order chi connectivity index (χ1) is 43.8. The standard InChI is InChI=1S/C71H129NO18/c1-3-5-7-9-11-13-15-17-19-21-23-25-26-27-28-29-31-33-35-37-39-41-43-45-47-49-59(77)72-54(55(76)48-46-44-42-40-38-36-34-32-30-24-22-20-18-16-14-12-10-8-6-4-2)53-85-69-65(83)62(80)67(57(51-74)87-69)90-71-66(84)63(81)68(58(52-75)88-71)89-70-64(82)61(79)60(78)56(50-73)86-70/h21,23,30,32,38,40,46,48,54-58,60-71,73-76,78-84H,3-20,22,24-29,31,33-37,39,41-45,47,49-53H2,1-2H3,(H,72,77)/b23-21-,32-30+,40-38+,48-46+. The maximum Gasteiger partial charge on any atom is 0.220 e. The average Bonchev–Trinajstić information content (AvgIpc) is 0.847. The van der Waals surface area contributed by atoms with Crippen LogP contribution in [0.4, 0.5) is 0 Å². The van der Waals surface area contributed by atoms with Gasteiger partial charge in [-0.05, 0) is 70.6 Å². The minimum atomic E-state index is -1.98. The molecule has 90 heavy (non-hydrogen) atoms. The lowest BCUT2D eigenvalue weighted by molar-refractivity contribution is -0.379. The monoisotopic (exact) mass is 1280 g/mol. The van der Waals surface area contributed by atoms with Crippen molar-refractivity contribution in [1.82, 2.24) is 5.32 Å². The van der Waals surface area contributed by atoms with Gasteiger partial charge < -0.3 is 89.9 Å². The van der Waals surface area contributed by atoms with Crippen LogP contribution in [0.5, 0.6) is 0 Å². The number of aliphatic hydroxyl groups is 11. The van der Waals surface area contributed by atoms with Gasteiger partial charge in [0, 0.05) is 6.42 Å². The molecule has 0 saturated carbocycles. The van der Waals surface area contributed by atoms with Crippen molar-refractivity contribution in [1.29, 1.82) is 0 Å². The molecule has 1 amide bonds. The summed E-state index contributed by atoms with van der Waals surface area (Å²) >= 11 is 0. The van der Waals surface area contributed by atoms with Crippen LogP contribution in [0.15, 0.2) is 48.6 Å². The summed E-state index contributed by atoms with van der Waals surface area (Å²) in [5, 5.41) is 121.